The molecule has 0 unspecified atom stereocenters. The number of hydrogen-bond acceptors (Lipinski definition) is 2. The number of nitrogens with one attached hydrogen (secondary N) is 1. The summed E-state index contributed by atoms with van der Waals surface area (Å²) in [5.41, 5.74) is 0. The second-order valence-electron chi connectivity index (χ2n) is 5.20. The SMILES string of the molecule is CC(C)C1CCC(OC2CNC2)CC1. The predicted molar refractivity (Wildman–Crippen MR) is 58.3 cm³/mol. The molecule has 1 N–H and O–H groups in total. The van der Waals surface area contributed by atoms with Crippen molar-refractivity contribution in [2.24, 2.45) is 11.8 Å². The fourth-order valence-electron chi connectivity index (χ4n) is 2.52. The minimum Gasteiger partial charge on any atom is -0.372 e. The van der Waals surface area contributed by atoms with Crippen molar-refractivity contribution in [3.05, 3.63) is 0 Å². The molecule has 1 saturated heterocycles. The quantitative estimate of drug-likeness (QED) is 0.749. The van der Waals surface area contributed by atoms with Crippen LogP contribution in [0.5, 0.6) is 0 Å². The van der Waals surface area contributed by atoms with Gasteiger partial charge in [-0.1, -0.05) is 13.8 Å². The lowest BCUT2D eigenvalue weighted by molar-refractivity contribution is -0.0597. The summed E-state index contributed by atoms with van der Waals surface area (Å²) in [5, 5.41) is 3.25. The highest BCUT2D eigenvalue weighted by Gasteiger charge is 2.27. The minimum absolute atomic E-state index is 0.524. The molecule has 0 amide bonds. The van der Waals surface area contributed by atoms with Gasteiger partial charge in [0, 0.05) is 13.1 Å². The Kier molecular flexibility index (Phi) is 3.45. The summed E-state index contributed by atoms with van der Waals surface area (Å²) < 4.78 is 5.99. The Morgan fingerprint density at radius 1 is 1.00 bits per heavy atom. The fraction of sp³-hybridized carbons (Fsp3) is 1.00. The maximum Gasteiger partial charge on any atom is 0.0827 e. The van der Waals surface area contributed by atoms with Crippen LogP contribution in [0.15, 0.2) is 0 Å². The molecule has 0 aromatic heterocycles. The van der Waals surface area contributed by atoms with E-state index < -0.39 is 0 Å². The van der Waals surface area contributed by atoms with Crippen molar-refractivity contribution < 1.29 is 4.74 Å². The zero-order valence-corrected chi connectivity index (χ0v) is 9.46. The average Bonchev–Trinajstić information content (AvgIpc) is 2.12. The van der Waals surface area contributed by atoms with E-state index in [4.69, 9.17) is 4.74 Å². The smallest absolute Gasteiger partial charge is 0.0827 e. The van der Waals surface area contributed by atoms with Gasteiger partial charge in [-0.3, -0.25) is 0 Å². The Balaban J connectivity index is 1.67. The van der Waals surface area contributed by atoms with Crippen LogP contribution in [0.2, 0.25) is 0 Å². The lowest BCUT2D eigenvalue weighted by atomic mass is 9.80. The Labute approximate surface area is 87.4 Å². The van der Waals surface area contributed by atoms with Gasteiger partial charge in [-0.25, -0.2) is 0 Å². The van der Waals surface area contributed by atoms with E-state index in [0.717, 1.165) is 24.9 Å². The van der Waals surface area contributed by atoms with Crippen molar-refractivity contribution in [1.82, 2.24) is 5.32 Å². The highest BCUT2D eigenvalue weighted by molar-refractivity contribution is 4.80. The molecule has 1 saturated carbocycles. The first-order chi connectivity index (χ1) is 6.75. The van der Waals surface area contributed by atoms with Crippen molar-refractivity contribution in [3.8, 4) is 0 Å². The lowest BCUT2D eigenvalue weighted by Gasteiger charge is -2.36. The van der Waals surface area contributed by atoms with Gasteiger partial charge in [0.05, 0.1) is 12.2 Å². The first-order valence-corrected chi connectivity index (χ1v) is 6.12. The first-order valence-electron chi connectivity index (χ1n) is 6.12. The molecular formula is C12H23NO. The summed E-state index contributed by atoms with van der Waals surface area (Å²) in [7, 11) is 0. The summed E-state index contributed by atoms with van der Waals surface area (Å²) in [6.07, 6.45) is 6.43. The number of rotatable bonds is 3. The normalized spacial score (nSPS) is 34.5. The third kappa shape index (κ3) is 2.48. The number of ether oxygens (including phenoxy) is 1. The van der Waals surface area contributed by atoms with Crippen LogP contribution in [0, 0.1) is 11.8 Å². The molecule has 1 aliphatic heterocycles. The van der Waals surface area contributed by atoms with E-state index in [1.54, 1.807) is 0 Å². The molecule has 0 spiro atoms. The number of hydrogen-bond donors (Lipinski definition) is 1. The summed E-state index contributed by atoms with van der Waals surface area (Å²) in [6.45, 7) is 6.84. The average molecular weight is 197 g/mol. The standard InChI is InChI=1S/C12H23NO/c1-9(2)10-3-5-11(6-4-10)14-12-7-13-8-12/h9-13H,3-8H2,1-2H3. The highest BCUT2D eigenvalue weighted by Crippen LogP contribution is 2.31. The molecule has 14 heavy (non-hydrogen) atoms. The fourth-order valence-corrected chi connectivity index (χ4v) is 2.52. The van der Waals surface area contributed by atoms with E-state index >= 15 is 0 Å². The van der Waals surface area contributed by atoms with Crippen LogP contribution in [-0.2, 0) is 4.74 Å². The van der Waals surface area contributed by atoms with E-state index in [1.807, 2.05) is 0 Å². The van der Waals surface area contributed by atoms with Gasteiger partial charge in [-0.15, -0.1) is 0 Å². The van der Waals surface area contributed by atoms with E-state index in [2.05, 4.69) is 19.2 Å². The van der Waals surface area contributed by atoms with Crippen molar-refractivity contribution in [1.29, 1.82) is 0 Å². The van der Waals surface area contributed by atoms with Crippen LogP contribution in [0.1, 0.15) is 39.5 Å². The molecular weight excluding hydrogens is 174 g/mol. The maximum atomic E-state index is 5.99. The van der Waals surface area contributed by atoms with Gasteiger partial charge < -0.3 is 10.1 Å². The summed E-state index contributed by atoms with van der Waals surface area (Å²) in [5.74, 6) is 1.82. The maximum absolute atomic E-state index is 5.99. The highest BCUT2D eigenvalue weighted by atomic mass is 16.5. The Hall–Kier alpha value is -0.0800. The molecule has 0 aromatic carbocycles. The Bertz CT molecular complexity index is 169. The lowest BCUT2D eigenvalue weighted by Crippen LogP contribution is -2.50. The molecule has 82 valence electrons. The van der Waals surface area contributed by atoms with Crippen molar-refractivity contribution in [2.75, 3.05) is 13.1 Å². The zero-order valence-electron chi connectivity index (χ0n) is 9.46. The third-order valence-electron chi connectivity index (χ3n) is 3.79. The van der Waals surface area contributed by atoms with E-state index in [0.29, 0.717) is 12.2 Å². The molecule has 2 nitrogen and oxygen atoms in total. The van der Waals surface area contributed by atoms with Crippen molar-refractivity contribution in [2.45, 2.75) is 51.7 Å². The summed E-state index contributed by atoms with van der Waals surface area (Å²) >= 11 is 0. The second-order valence-corrected chi connectivity index (χ2v) is 5.20. The molecule has 1 heterocycles. The van der Waals surface area contributed by atoms with Crippen molar-refractivity contribution >= 4 is 0 Å². The second kappa shape index (κ2) is 4.63. The molecule has 2 fully saturated rings. The van der Waals surface area contributed by atoms with Gasteiger partial charge in [0.1, 0.15) is 0 Å². The summed E-state index contributed by atoms with van der Waals surface area (Å²) in [4.78, 5) is 0. The zero-order chi connectivity index (χ0) is 9.97. The van der Waals surface area contributed by atoms with Crippen LogP contribution in [-0.4, -0.2) is 25.3 Å². The van der Waals surface area contributed by atoms with Gasteiger partial charge in [0.2, 0.25) is 0 Å². The molecule has 0 radical (unpaired) electrons. The van der Waals surface area contributed by atoms with Crippen LogP contribution in [0.25, 0.3) is 0 Å². The van der Waals surface area contributed by atoms with Gasteiger partial charge in [-0.05, 0) is 37.5 Å². The Morgan fingerprint density at radius 3 is 2.07 bits per heavy atom. The van der Waals surface area contributed by atoms with Crippen molar-refractivity contribution in [3.63, 3.8) is 0 Å². The van der Waals surface area contributed by atoms with Gasteiger partial charge >= 0.3 is 0 Å². The Morgan fingerprint density at radius 2 is 1.64 bits per heavy atom. The predicted octanol–water partition coefficient (Wildman–Crippen LogP) is 2.19. The monoisotopic (exact) mass is 197 g/mol. The molecule has 1 aliphatic carbocycles. The van der Waals surface area contributed by atoms with Gasteiger partial charge in [0.25, 0.3) is 0 Å². The van der Waals surface area contributed by atoms with E-state index in [1.165, 1.54) is 25.7 Å². The van der Waals surface area contributed by atoms with Crippen LogP contribution in [0.4, 0.5) is 0 Å². The van der Waals surface area contributed by atoms with Gasteiger partial charge in [-0.2, -0.15) is 0 Å². The molecule has 0 bridgehead atoms. The molecule has 2 heteroatoms. The summed E-state index contributed by atoms with van der Waals surface area (Å²) in [6, 6.07) is 0. The third-order valence-corrected chi connectivity index (χ3v) is 3.79. The first kappa shape index (κ1) is 10.4. The molecule has 2 rings (SSSR count). The van der Waals surface area contributed by atoms with Crippen LogP contribution in [0.3, 0.4) is 0 Å². The topological polar surface area (TPSA) is 21.3 Å². The van der Waals surface area contributed by atoms with E-state index in [-0.39, 0.29) is 0 Å². The van der Waals surface area contributed by atoms with Gasteiger partial charge in [0.15, 0.2) is 0 Å². The van der Waals surface area contributed by atoms with E-state index in [9.17, 15) is 0 Å². The molecule has 0 aromatic rings. The largest absolute Gasteiger partial charge is 0.372 e. The van der Waals surface area contributed by atoms with Crippen LogP contribution < -0.4 is 5.32 Å². The van der Waals surface area contributed by atoms with Crippen LogP contribution >= 0.6 is 0 Å². The minimum atomic E-state index is 0.524. The molecule has 2 aliphatic rings. The molecule has 0 atom stereocenters.